The molecule has 4 aliphatic carbocycles. The Morgan fingerprint density at radius 2 is 1.43 bits per heavy atom. The summed E-state index contributed by atoms with van der Waals surface area (Å²) in [5, 5.41) is 0. The lowest BCUT2D eigenvalue weighted by Crippen LogP contribution is -2.70. The van der Waals surface area contributed by atoms with E-state index in [0.717, 1.165) is 0 Å². The van der Waals surface area contributed by atoms with Gasteiger partial charge in [-0.05, 0) is 38.0 Å². The molecular formula is C23H28F10O4. The van der Waals surface area contributed by atoms with Gasteiger partial charge >= 0.3 is 11.9 Å². The molecule has 0 aromatic carbocycles. The molecule has 5 fully saturated rings. The van der Waals surface area contributed by atoms with Gasteiger partial charge in [-0.15, -0.1) is 0 Å². The topological polar surface area (TPSA) is 44.8 Å². The quantitative estimate of drug-likeness (QED) is 0.288. The van der Waals surface area contributed by atoms with Crippen molar-refractivity contribution in [2.45, 2.75) is 99.0 Å². The van der Waals surface area contributed by atoms with Crippen molar-refractivity contribution in [2.24, 2.45) is 17.8 Å². The van der Waals surface area contributed by atoms with E-state index in [4.69, 9.17) is 14.2 Å². The third kappa shape index (κ3) is 4.93. The minimum atomic E-state index is -3.71. The SMILES string of the molecule is CC(F)(F)C(=O)OC12CC3CC(C1)C1(OCC(F)(C(F)C(F)C(F)C(F)C(F)C(F)CF)CO1)C(C3)C2. The normalized spacial score (nSPS) is 42.2. The summed E-state index contributed by atoms with van der Waals surface area (Å²) in [6.45, 7) is -3.91. The number of hydrogen-bond donors (Lipinski definition) is 0. The number of rotatable bonds is 9. The van der Waals surface area contributed by atoms with Gasteiger partial charge in [0.1, 0.15) is 12.3 Å². The van der Waals surface area contributed by atoms with E-state index < -0.39 is 97.7 Å². The summed E-state index contributed by atoms with van der Waals surface area (Å²) in [6.07, 6.45) is -19.4. The van der Waals surface area contributed by atoms with Crippen LogP contribution in [0.4, 0.5) is 43.9 Å². The second kappa shape index (κ2) is 9.71. The van der Waals surface area contributed by atoms with E-state index in [1.54, 1.807) is 0 Å². The van der Waals surface area contributed by atoms with Crippen molar-refractivity contribution >= 4 is 5.97 Å². The van der Waals surface area contributed by atoms with Crippen LogP contribution in [0.25, 0.3) is 0 Å². The molecule has 5 aliphatic rings. The monoisotopic (exact) mass is 558 g/mol. The smallest absolute Gasteiger partial charge is 0.377 e. The van der Waals surface area contributed by atoms with Crippen LogP contribution in [-0.4, -0.2) is 85.9 Å². The van der Waals surface area contributed by atoms with Crippen molar-refractivity contribution < 1.29 is 62.9 Å². The largest absolute Gasteiger partial charge is 0.455 e. The van der Waals surface area contributed by atoms with Crippen LogP contribution in [0, 0.1) is 17.8 Å². The van der Waals surface area contributed by atoms with Crippen molar-refractivity contribution in [1.82, 2.24) is 0 Å². The van der Waals surface area contributed by atoms with Crippen molar-refractivity contribution in [3.63, 3.8) is 0 Å². The van der Waals surface area contributed by atoms with E-state index in [1.165, 1.54) is 0 Å². The van der Waals surface area contributed by atoms with Crippen LogP contribution in [0.5, 0.6) is 0 Å². The lowest BCUT2D eigenvalue weighted by Gasteiger charge is -2.64. The zero-order valence-electron chi connectivity index (χ0n) is 19.8. The molecule has 214 valence electrons. The van der Waals surface area contributed by atoms with E-state index in [-0.39, 0.29) is 18.8 Å². The molecule has 5 rings (SSSR count). The van der Waals surface area contributed by atoms with Crippen LogP contribution >= 0.6 is 0 Å². The standard InChI is InChI=1S/C23H28F10O4/c1-20(31,32)19(34)37-21-4-10-2-11(5-21)23(12(3-10)6-21)35-8-22(33,9-36-23)18(30)17(29)16(28)15(27)14(26)13(25)7-24/h10-18H,2-9H2,1H3. The molecule has 8 atom stereocenters. The molecule has 0 radical (unpaired) electrons. The van der Waals surface area contributed by atoms with E-state index >= 15 is 4.39 Å². The molecule has 4 saturated carbocycles. The predicted octanol–water partition coefficient (Wildman–Crippen LogP) is 5.21. The second-order valence-electron chi connectivity index (χ2n) is 11.0. The molecule has 0 N–H and O–H groups in total. The lowest BCUT2D eigenvalue weighted by atomic mass is 9.51. The fourth-order valence-electron chi connectivity index (χ4n) is 6.53. The molecule has 1 aliphatic heterocycles. The summed E-state index contributed by atoms with van der Waals surface area (Å²) in [5.41, 5.74) is -4.52. The molecule has 4 nitrogen and oxygen atoms in total. The van der Waals surface area contributed by atoms with Crippen LogP contribution in [0.1, 0.15) is 39.0 Å². The van der Waals surface area contributed by atoms with Gasteiger partial charge in [0.25, 0.3) is 0 Å². The fraction of sp³-hybridized carbons (Fsp3) is 0.957. The lowest BCUT2D eigenvalue weighted by molar-refractivity contribution is -0.397. The summed E-state index contributed by atoms with van der Waals surface area (Å²) < 4.78 is 154. The number of esters is 1. The van der Waals surface area contributed by atoms with Crippen LogP contribution < -0.4 is 0 Å². The van der Waals surface area contributed by atoms with Crippen LogP contribution in [0.2, 0.25) is 0 Å². The number of halogens is 10. The van der Waals surface area contributed by atoms with Gasteiger partial charge in [-0.3, -0.25) is 0 Å². The first-order chi connectivity index (χ1) is 17.1. The molecule has 8 unspecified atom stereocenters. The minimum Gasteiger partial charge on any atom is -0.455 e. The molecule has 14 heteroatoms. The molecule has 0 aromatic heterocycles. The predicted molar refractivity (Wildman–Crippen MR) is 107 cm³/mol. The summed E-state index contributed by atoms with van der Waals surface area (Å²) >= 11 is 0. The maximum absolute atomic E-state index is 15.3. The van der Waals surface area contributed by atoms with Gasteiger partial charge in [0.15, 0.2) is 48.5 Å². The van der Waals surface area contributed by atoms with E-state index in [0.29, 0.717) is 26.2 Å². The van der Waals surface area contributed by atoms with E-state index in [9.17, 15) is 44.3 Å². The Balaban J connectivity index is 1.42. The van der Waals surface area contributed by atoms with Crippen molar-refractivity contribution in [2.75, 3.05) is 19.9 Å². The second-order valence-corrected chi connectivity index (χ2v) is 11.0. The molecule has 37 heavy (non-hydrogen) atoms. The summed E-state index contributed by atoms with van der Waals surface area (Å²) in [6, 6.07) is 0. The first-order valence-corrected chi connectivity index (χ1v) is 12.1. The molecule has 1 heterocycles. The highest BCUT2D eigenvalue weighted by atomic mass is 19.3. The Bertz CT molecular complexity index is 830. The van der Waals surface area contributed by atoms with Gasteiger partial charge in [-0.2, -0.15) is 8.78 Å². The highest BCUT2D eigenvalue weighted by molar-refractivity contribution is 5.77. The molecule has 1 spiro atoms. The molecule has 4 bridgehead atoms. The third-order valence-electron chi connectivity index (χ3n) is 8.19. The molecule has 1 saturated heterocycles. The number of carbonyl (C=O) groups excluding carboxylic acids is 1. The maximum Gasteiger partial charge on any atom is 0.377 e. The first-order valence-electron chi connectivity index (χ1n) is 12.1. The van der Waals surface area contributed by atoms with Crippen LogP contribution in [0.15, 0.2) is 0 Å². The number of alkyl halides is 10. The van der Waals surface area contributed by atoms with Crippen molar-refractivity contribution in [1.29, 1.82) is 0 Å². The zero-order valence-corrected chi connectivity index (χ0v) is 19.8. The van der Waals surface area contributed by atoms with Crippen molar-refractivity contribution in [3.8, 4) is 0 Å². The minimum absolute atomic E-state index is 0.0270. The van der Waals surface area contributed by atoms with Gasteiger partial charge in [0, 0.05) is 18.8 Å². The zero-order chi connectivity index (χ0) is 27.6. The third-order valence-corrected chi connectivity index (χ3v) is 8.19. The summed E-state index contributed by atoms with van der Waals surface area (Å²) in [4.78, 5) is 11.9. The molecule has 0 aromatic rings. The fourth-order valence-corrected chi connectivity index (χ4v) is 6.53. The van der Waals surface area contributed by atoms with E-state index in [1.807, 2.05) is 0 Å². The summed E-state index contributed by atoms with van der Waals surface area (Å²) in [5.74, 6) is -8.04. The van der Waals surface area contributed by atoms with Gasteiger partial charge in [0.2, 0.25) is 0 Å². The van der Waals surface area contributed by atoms with Gasteiger partial charge in [0.05, 0.1) is 13.2 Å². The number of hydrogen-bond acceptors (Lipinski definition) is 4. The highest BCUT2D eigenvalue weighted by Gasteiger charge is 2.68. The Kier molecular flexibility index (Phi) is 7.53. The average Bonchev–Trinajstić information content (AvgIpc) is 2.84. The number of ether oxygens (including phenoxy) is 3. The molecular weight excluding hydrogens is 530 g/mol. The Morgan fingerprint density at radius 1 is 0.919 bits per heavy atom. The first kappa shape index (κ1) is 28.7. The van der Waals surface area contributed by atoms with Crippen LogP contribution in [0.3, 0.4) is 0 Å². The Morgan fingerprint density at radius 3 is 1.92 bits per heavy atom. The van der Waals surface area contributed by atoms with Crippen molar-refractivity contribution in [3.05, 3.63) is 0 Å². The van der Waals surface area contributed by atoms with Crippen LogP contribution in [-0.2, 0) is 19.0 Å². The highest BCUT2D eigenvalue weighted by Crippen LogP contribution is 2.64. The Labute approximate surface area is 206 Å². The summed E-state index contributed by atoms with van der Waals surface area (Å²) in [7, 11) is 0. The van der Waals surface area contributed by atoms with Gasteiger partial charge in [-0.1, -0.05) is 0 Å². The average molecular weight is 558 g/mol. The van der Waals surface area contributed by atoms with E-state index in [2.05, 4.69) is 0 Å². The number of carbonyl (C=O) groups is 1. The molecule has 0 amide bonds. The van der Waals surface area contributed by atoms with Gasteiger partial charge < -0.3 is 14.2 Å². The van der Waals surface area contributed by atoms with Gasteiger partial charge in [-0.25, -0.2) is 39.9 Å². The maximum atomic E-state index is 15.3. The Hall–Kier alpha value is -1.31.